The van der Waals surface area contributed by atoms with Gasteiger partial charge in [-0.1, -0.05) is 142 Å². The maximum absolute atomic E-state index is 12.6. The molecule has 3 N–H and O–H groups in total. The molecule has 0 aliphatic heterocycles. The van der Waals surface area contributed by atoms with E-state index in [-0.39, 0.29) is 32.6 Å². The third kappa shape index (κ3) is 41.9. The Kier molecular flexibility index (Phi) is 39.4. The van der Waals surface area contributed by atoms with Crippen molar-refractivity contribution < 1.29 is 37.6 Å². The van der Waals surface area contributed by atoms with Crippen LogP contribution >= 0.6 is 7.82 Å². The van der Waals surface area contributed by atoms with E-state index in [9.17, 15) is 19.0 Å². The van der Waals surface area contributed by atoms with Gasteiger partial charge in [-0.15, -0.1) is 0 Å². The summed E-state index contributed by atoms with van der Waals surface area (Å²) in [6.07, 6.45) is 56.6. The zero-order chi connectivity index (χ0) is 41.8. The molecule has 1 unspecified atom stereocenters. The Morgan fingerprint density at radius 1 is 0.526 bits per heavy atom. The number of unbranched alkanes of at least 4 members (excludes halogenated alkanes) is 4. The van der Waals surface area contributed by atoms with Crippen LogP contribution in [-0.2, 0) is 32.7 Å². The molecule has 320 valence electrons. The van der Waals surface area contributed by atoms with Gasteiger partial charge in [0.15, 0.2) is 6.10 Å². The van der Waals surface area contributed by atoms with E-state index in [1.807, 2.05) is 6.08 Å². The van der Waals surface area contributed by atoms with E-state index in [4.69, 9.17) is 24.3 Å². The number of hydrogen-bond donors (Lipinski definition) is 2. The molecule has 0 aliphatic carbocycles. The minimum Gasteiger partial charge on any atom is -0.462 e. The fraction of sp³-hybridized carbons (Fsp3) is 0.532. The first-order valence-corrected chi connectivity index (χ1v) is 22.5. The van der Waals surface area contributed by atoms with Crippen LogP contribution in [0.1, 0.15) is 129 Å². The van der Waals surface area contributed by atoms with Crippen LogP contribution in [0.2, 0.25) is 0 Å². The van der Waals surface area contributed by atoms with Crippen LogP contribution in [0.15, 0.2) is 122 Å². The van der Waals surface area contributed by atoms with Gasteiger partial charge in [-0.25, -0.2) is 4.57 Å². The molecule has 0 aromatic heterocycles. The first-order chi connectivity index (χ1) is 27.8. The van der Waals surface area contributed by atoms with Crippen LogP contribution in [-0.4, -0.2) is 49.3 Å². The molecule has 0 aliphatic rings. The van der Waals surface area contributed by atoms with Gasteiger partial charge in [-0.05, 0) is 96.3 Å². The molecule has 9 nitrogen and oxygen atoms in total. The number of nitrogens with two attached hydrogens (primary N) is 1. The third-order valence-electron chi connectivity index (χ3n) is 7.84. The summed E-state index contributed by atoms with van der Waals surface area (Å²) in [4.78, 5) is 34.8. The van der Waals surface area contributed by atoms with Crippen molar-refractivity contribution in [3.8, 4) is 0 Å². The standard InChI is InChI=1S/C47H74NO8P/c1-3-5-7-9-11-13-15-17-19-21-22-24-26-28-30-32-34-36-38-40-47(50)56-45(44-55-57(51,52)54-42-41-48)43-53-46(49)39-37-35-33-31-29-27-25-23-20-18-16-14-12-10-8-6-4-2/h5-8,11-14,17-20,22,24-25,27-28,30-31,33,45H,3-4,9-10,15-16,21,23,26,29,32,34-44,48H2,1-2H3,(H,51,52)/t45-/m1/s1. The summed E-state index contributed by atoms with van der Waals surface area (Å²) in [5.41, 5.74) is 5.34. The quantitative estimate of drug-likeness (QED) is 0.0272. The molecular weight excluding hydrogens is 737 g/mol. The summed E-state index contributed by atoms with van der Waals surface area (Å²) in [7, 11) is -4.41. The molecule has 0 heterocycles. The lowest BCUT2D eigenvalue weighted by molar-refractivity contribution is -0.161. The highest BCUT2D eigenvalue weighted by Crippen LogP contribution is 2.43. The molecule has 2 atom stereocenters. The van der Waals surface area contributed by atoms with Crippen molar-refractivity contribution in [3.63, 3.8) is 0 Å². The zero-order valence-electron chi connectivity index (χ0n) is 35.0. The number of ether oxygens (including phenoxy) is 2. The van der Waals surface area contributed by atoms with E-state index in [0.29, 0.717) is 12.8 Å². The second-order valence-corrected chi connectivity index (χ2v) is 14.5. The third-order valence-corrected chi connectivity index (χ3v) is 8.83. The van der Waals surface area contributed by atoms with Crippen molar-refractivity contribution in [1.82, 2.24) is 0 Å². The maximum atomic E-state index is 12.6. The fourth-order valence-electron chi connectivity index (χ4n) is 4.81. The van der Waals surface area contributed by atoms with Crippen molar-refractivity contribution in [2.75, 3.05) is 26.4 Å². The Labute approximate surface area is 345 Å². The second kappa shape index (κ2) is 42.0. The second-order valence-electron chi connectivity index (χ2n) is 13.1. The topological polar surface area (TPSA) is 134 Å². The smallest absolute Gasteiger partial charge is 0.462 e. The van der Waals surface area contributed by atoms with E-state index < -0.39 is 32.5 Å². The molecule has 0 rings (SSSR count). The molecule has 0 aromatic rings. The Balaban J connectivity index is 4.37. The van der Waals surface area contributed by atoms with E-state index in [1.54, 1.807) is 0 Å². The van der Waals surface area contributed by atoms with Crippen molar-refractivity contribution in [1.29, 1.82) is 0 Å². The molecule has 0 spiro atoms. The highest BCUT2D eigenvalue weighted by molar-refractivity contribution is 7.47. The first kappa shape index (κ1) is 53.4. The van der Waals surface area contributed by atoms with Gasteiger partial charge < -0.3 is 20.1 Å². The number of phosphoric ester groups is 1. The lowest BCUT2D eigenvalue weighted by Gasteiger charge is -2.19. The summed E-state index contributed by atoms with van der Waals surface area (Å²) in [5.74, 6) is -0.950. The van der Waals surface area contributed by atoms with Crippen LogP contribution in [0.25, 0.3) is 0 Å². The van der Waals surface area contributed by atoms with Gasteiger partial charge in [-0.3, -0.25) is 18.6 Å². The Morgan fingerprint density at radius 2 is 0.930 bits per heavy atom. The van der Waals surface area contributed by atoms with Gasteiger partial charge >= 0.3 is 19.8 Å². The number of hydrogen-bond acceptors (Lipinski definition) is 8. The lowest BCUT2D eigenvalue weighted by atomic mass is 10.1. The molecule has 0 saturated heterocycles. The SMILES string of the molecule is CCC=CCC=CCC=CCC=CCC=CCCCCCC(=O)O[C@H](COC(=O)CCCC=CCC=CCC=CCC=CCC=CCC)COP(=O)(O)OCCN. The van der Waals surface area contributed by atoms with Crippen LogP contribution in [0, 0.1) is 0 Å². The van der Waals surface area contributed by atoms with Gasteiger partial charge in [0.05, 0.1) is 13.2 Å². The molecule has 0 amide bonds. The van der Waals surface area contributed by atoms with Crippen LogP contribution < -0.4 is 5.73 Å². The Morgan fingerprint density at radius 3 is 1.37 bits per heavy atom. The van der Waals surface area contributed by atoms with E-state index in [0.717, 1.165) is 89.9 Å². The largest absolute Gasteiger partial charge is 0.472 e. The van der Waals surface area contributed by atoms with Gasteiger partial charge in [0.25, 0.3) is 0 Å². The predicted octanol–water partition coefficient (Wildman–Crippen LogP) is 12.2. The summed E-state index contributed by atoms with van der Waals surface area (Å²) >= 11 is 0. The summed E-state index contributed by atoms with van der Waals surface area (Å²) in [6, 6.07) is 0. The lowest BCUT2D eigenvalue weighted by Crippen LogP contribution is -2.29. The van der Waals surface area contributed by atoms with E-state index in [2.05, 4.69) is 129 Å². The molecule has 0 saturated carbocycles. The summed E-state index contributed by atoms with van der Waals surface area (Å²) < 4.78 is 32.7. The van der Waals surface area contributed by atoms with Crippen LogP contribution in [0.3, 0.4) is 0 Å². The highest BCUT2D eigenvalue weighted by atomic mass is 31.2. The molecule has 57 heavy (non-hydrogen) atoms. The van der Waals surface area contributed by atoms with Gasteiger partial charge in [0.1, 0.15) is 6.61 Å². The number of carbonyl (C=O) groups is 2. The van der Waals surface area contributed by atoms with Crippen molar-refractivity contribution in [2.45, 2.75) is 136 Å². The Bertz CT molecular complexity index is 1340. The van der Waals surface area contributed by atoms with Crippen LogP contribution in [0.4, 0.5) is 0 Å². The van der Waals surface area contributed by atoms with Gasteiger partial charge in [0.2, 0.25) is 0 Å². The average Bonchev–Trinajstić information content (AvgIpc) is 3.20. The predicted molar refractivity (Wildman–Crippen MR) is 237 cm³/mol. The molecule has 0 radical (unpaired) electrons. The molecule has 0 bridgehead atoms. The number of carbonyl (C=O) groups excluding carboxylic acids is 2. The van der Waals surface area contributed by atoms with Gasteiger partial charge in [-0.2, -0.15) is 0 Å². The minimum absolute atomic E-state index is 0.0324. The van der Waals surface area contributed by atoms with Crippen molar-refractivity contribution in [3.05, 3.63) is 122 Å². The summed E-state index contributed by atoms with van der Waals surface area (Å²) in [6.45, 7) is 3.36. The summed E-state index contributed by atoms with van der Waals surface area (Å²) in [5, 5.41) is 0. The van der Waals surface area contributed by atoms with Gasteiger partial charge in [0, 0.05) is 19.4 Å². The van der Waals surface area contributed by atoms with Crippen molar-refractivity contribution in [2.24, 2.45) is 5.73 Å². The normalized spacial score (nSPS) is 14.5. The number of rotatable bonds is 37. The number of allylic oxidation sites excluding steroid dienone is 20. The van der Waals surface area contributed by atoms with Crippen molar-refractivity contribution >= 4 is 19.8 Å². The van der Waals surface area contributed by atoms with E-state index in [1.165, 1.54) is 0 Å². The number of esters is 2. The molecule has 0 aromatic carbocycles. The minimum atomic E-state index is -4.41. The maximum Gasteiger partial charge on any atom is 0.472 e. The monoisotopic (exact) mass is 812 g/mol. The fourth-order valence-corrected chi connectivity index (χ4v) is 5.58. The Hall–Kier alpha value is -3.59. The molecule has 0 fully saturated rings. The van der Waals surface area contributed by atoms with E-state index >= 15 is 0 Å². The molecular formula is C47H74NO8P. The first-order valence-electron chi connectivity index (χ1n) is 21.0. The average molecular weight is 812 g/mol. The van der Waals surface area contributed by atoms with Crippen LogP contribution in [0.5, 0.6) is 0 Å². The number of phosphoric acid groups is 1. The zero-order valence-corrected chi connectivity index (χ0v) is 35.9. The molecule has 10 heteroatoms. The highest BCUT2D eigenvalue weighted by Gasteiger charge is 2.25.